The molecule has 166 valence electrons. The van der Waals surface area contributed by atoms with Crippen molar-refractivity contribution in [2.24, 2.45) is 4.99 Å². The number of benzene rings is 3. The number of rotatable bonds is 8. The lowest BCUT2D eigenvalue weighted by Gasteiger charge is -2.07. The van der Waals surface area contributed by atoms with Gasteiger partial charge in [0.1, 0.15) is 22.9 Å². The third kappa shape index (κ3) is 5.69. The normalized spacial score (nSPS) is 11.0. The van der Waals surface area contributed by atoms with E-state index in [1.54, 1.807) is 19.2 Å². The van der Waals surface area contributed by atoms with Crippen molar-refractivity contribution in [1.82, 2.24) is 0 Å². The topological polar surface area (TPSA) is 47.9 Å². The van der Waals surface area contributed by atoms with Crippen molar-refractivity contribution < 1.29 is 14.3 Å². The van der Waals surface area contributed by atoms with Gasteiger partial charge >= 0.3 is 5.97 Å². The second kappa shape index (κ2) is 10.9. The Morgan fingerprint density at radius 2 is 1.70 bits per heavy atom. The van der Waals surface area contributed by atoms with Crippen LogP contribution in [0, 0.1) is 0 Å². The Balaban J connectivity index is 1.54. The van der Waals surface area contributed by atoms with Gasteiger partial charge in [0, 0.05) is 27.7 Å². The molecule has 1 aromatic heterocycles. The lowest BCUT2D eigenvalue weighted by Crippen LogP contribution is -2.05. The highest BCUT2D eigenvalue weighted by Gasteiger charge is 2.22. The highest BCUT2D eigenvalue weighted by atomic mass is 35.5. The van der Waals surface area contributed by atoms with Crippen molar-refractivity contribution in [1.29, 1.82) is 0 Å². The number of carbonyl (C=O) groups is 1. The van der Waals surface area contributed by atoms with Crippen molar-refractivity contribution in [3.05, 3.63) is 106 Å². The molecule has 3 aromatic carbocycles. The monoisotopic (exact) mass is 475 g/mol. The summed E-state index contributed by atoms with van der Waals surface area (Å²) in [6.45, 7) is 2.57. The Labute approximate surface area is 202 Å². The summed E-state index contributed by atoms with van der Waals surface area (Å²) < 4.78 is 11.1. The van der Waals surface area contributed by atoms with Crippen molar-refractivity contribution in [2.45, 2.75) is 13.5 Å². The Hall–Kier alpha value is -3.41. The van der Waals surface area contributed by atoms with Crippen LogP contribution in [-0.2, 0) is 11.3 Å². The van der Waals surface area contributed by atoms with Gasteiger partial charge in [0.05, 0.1) is 6.61 Å². The molecule has 0 aliphatic carbocycles. The molecule has 0 N–H and O–H groups in total. The first kappa shape index (κ1) is 22.8. The van der Waals surface area contributed by atoms with Crippen molar-refractivity contribution in [2.75, 3.05) is 6.61 Å². The summed E-state index contributed by atoms with van der Waals surface area (Å²) in [4.78, 5) is 17.3. The number of ether oxygens (including phenoxy) is 2. The smallest absolute Gasteiger partial charge is 0.341 e. The summed E-state index contributed by atoms with van der Waals surface area (Å²) in [7, 11) is 0. The van der Waals surface area contributed by atoms with Crippen LogP contribution in [0.4, 0.5) is 5.00 Å². The number of halogens is 1. The highest BCUT2D eigenvalue weighted by molar-refractivity contribution is 7.14. The molecule has 0 spiro atoms. The van der Waals surface area contributed by atoms with Crippen LogP contribution in [0.1, 0.15) is 28.4 Å². The van der Waals surface area contributed by atoms with Gasteiger partial charge in [0.15, 0.2) is 0 Å². The van der Waals surface area contributed by atoms with Gasteiger partial charge in [-0.3, -0.25) is 0 Å². The average Bonchev–Trinajstić information content (AvgIpc) is 3.27. The maximum atomic E-state index is 12.7. The zero-order chi connectivity index (χ0) is 23.0. The number of nitrogens with zero attached hydrogens (tertiary/aromatic N) is 1. The highest BCUT2D eigenvalue weighted by Crippen LogP contribution is 2.40. The van der Waals surface area contributed by atoms with Gasteiger partial charge in [0.25, 0.3) is 0 Å². The molecule has 0 atom stereocenters. The van der Waals surface area contributed by atoms with Crippen LogP contribution in [0.2, 0.25) is 5.02 Å². The fourth-order valence-electron chi connectivity index (χ4n) is 3.25. The van der Waals surface area contributed by atoms with Gasteiger partial charge in [-0.1, -0.05) is 60.1 Å². The lowest BCUT2D eigenvalue weighted by atomic mass is 10.0. The molecular weight excluding hydrogens is 454 g/mol. The van der Waals surface area contributed by atoms with Gasteiger partial charge in [0.2, 0.25) is 0 Å². The maximum Gasteiger partial charge on any atom is 0.341 e. The fourth-order valence-corrected chi connectivity index (χ4v) is 4.38. The third-order valence-electron chi connectivity index (χ3n) is 4.87. The summed E-state index contributed by atoms with van der Waals surface area (Å²) in [6, 6.07) is 25.1. The minimum atomic E-state index is -0.412. The van der Waals surface area contributed by atoms with E-state index in [9.17, 15) is 4.79 Å². The Morgan fingerprint density at radius 3 is 2.42 bits per heavy atom. The van der Waals surface area contributed by atoms with Gasteiger partial charge in [-0.25, -0.2) is 9.79 Å². The number of aliphatic imine (C=N–C) groups is 1. The molecule has 0 fully saturated rings. The predicted octanol–water partition coefficient (Wildman–Crippen LogP) is 7.57. The SMILES string of the molecule is CCOC(=O)c1c(-c2ccccc2Cl)csc1N=Cc1ccc(OCc2ccccc2)cc1. The first-order valence-corrected chi connectivity index (χ1v) is 11.8. The van der Waals surface area contributed by atoms with Crippen molar-refractivity contribution >= 4 is 40.1 Å². The fraction of sp³-hybridized carbons (Fsp3) is 0.111. The van der Waals surface area contributed by atoms with Crippen molar-refractivity contribution in [3.63, 3.8) is 0 Å². The number of hydrogen-bond donors (Lipinski definition) is 0. The standard InChI is InChI=1S/C27H22ClNO3S/c1-2-31-27(30)25-23(22-10-6-7-11-24(22)28)18-33-26(25)29-16-19-12-14-21(15-13-19)32-17-20-8-4-3-5-9-20/h3-16,18H,2,17H2,1H3. The summed E-state index contributed by atoms with van der Waals surface area (Å²) in [5.74, 6) is 0.367. The van der Waals surface area contributed by atoms with Gasteiger partial charge in [-0.15, -0.1) is 11.3 Å². The average molecular weight is 476 g/mol. The maximum absolute atomic E-state index is 12.7. The molecule has 1 heterocycles. The molecule has 0 unspecified atom stereocenters. The molecule has 0 amide bonds. The molecule has 0 aliphatic heterocycles. The van der Waals surface area contributed by atoms with Crippen LogP contribution >= 0.6 is 22.9 Å². The Morgan fingerprint density at radius 1 is 0.970 bits per heavy atom. The van der Waals surface area contributed by atoms with E-state index in [1.165, 1.54) is 11.3 Å². The van der Waals surface area contributed by atoms with E-state index >= 15 is 0 Å². The largest absolute Gasteiger partial charge is 0.489 e. The molecular formula is C27H22ClNO3S. The van der Waals surface area contributed by atoms with E-state index < -0.39 is 5.97 Å². The predicted molar refractivity (Wildman–Crippen MR) is 135 cm³/mol. The van der Waals surface area contributed by atoms with E-state index in [4.69, 9.17) is 21.1 Å². The van der Waals surface area contributed by atoms with Crippen LogP contribution < -0.4 is 4.74 Å². The molecule has 0 saturated carbocycles. The Kier molecular flexibility index (Phi) is 7.55. The van der Waals surface area contributed by atoms with Crippen LogP contribution in [0.3, 0.4) is 0 Å². The molecule has 0 saturated heterocycles. The van der Waals surface area contributed by atoms with Crippen molar-refractivity contribution in [3.8, 4) is 16.9 Å². The second-order valence-electron chi connectivity index (χ2n) is 7.13. The van der Waals surface area contributed by atoms with Crippen LogP contribution in [0.15, 0.2) is 89.2 Å². The van der Waals surface area contributed by atoms with Crippen LogP contribution in [0.5, 0.6) is 5.75 Å². The molecule has 0 aliphatic rings. The molecule has 0 bridgehead atoms. The zero-order valence-electron chi connectivity index (χ0n) is 18.0. The number of carbonyl (C=O) groups excluding carboxylic acids is 1. The summed E-state index contributed by atoms with van der Waals surface area (Å²) in [5, 5.41) is 3.04. The lowest BCUT2D eigenvalue weighted by molar-refractivity contribution is 0.0529. The first-order chi connectivity index (χ1) is 16.2. The minimum absolute atomic E-state index is 0.282. The molecule has 4 nitrogen and oxygen atoms in total. The Bertz CT molecular complexity index is 1250. The van der Waals surface area contributed by atoms with Gasteiger partial charge in [-0.05, 0) is 48.4 Å². The van der Waals surface area contributed by atoms with E-state index in [-0.39, 0.29) is 6.61 Å². The molecule has 6 heteroatoms. The molecule has 4 rings (SSSR count). The summed E-state index contributed by atoms with van der Waals surface area (Å²) >= 11 is 7.76. The van der Waals surface area contributed by atoms with E-state index in [2.05, 4.69) is 4.99 Å². The second-order valence-corrected chi connectivity index (χ2v) is 8.40. The number of thiophene rings is 1. The number of hydrogen-bond acceptors (Lipinski definition) is 5. The van der Waals surface area contributed by atoms with E-state index in [0.29, 0.717) is 22.2 Å². The third-order valence-corrected chi connectivity index (χ3v) is 6.09. The van der Waals surface area contributed by atoms with Gasteiger partial charge in [-0.2, -0.15) is 0 Å². The first-order valence-electron chi connectivity index (χ1n) is 10.5. The number of esters is 1. The zero-order valence-corrected chi connectivity index (χ0v) is 19.6. The minimum Gasteiger partial charge on any atom is -0.489 e. The molecule has 4 aromatic rings. The summed E-state index contributed by atoms with van der Waals surface area (Å²) in [5.41, 5.74) is 3.93. The van der Waals surface area contributed by atoms with E-state index in [0.717, 1.165) is 28.0 Å². The molecule has 33 heavy (non-hydrogen) atoms. The van der Waals surface area contributed by atoms with E-state index in [1.807, 2.05) is 78.2 Å². The van der Waals surface area contributed by atoms with Gasteiger partial charge < -0.3 is 9.47 Å². The quantitative estimate of drug-likeness (QED) is 0.195. The van der Waals surface area contributed by atoms with Crippen LogP contribution in [0.25, 0.3) is 11.1 Å². The summed E-state index contributed by atoms with van der Waals surface area (Å²) in [6.07, 6.45) is 1.73. The van der Waals surface area contributed by atoms with Crippen LogP contribution in [-0.4, -0.2) is 18.8 Å². The molecule has 0 radical (unpaired) electrons.